The van der Waals surface area contributed by atoms with E-state index in [1.165, 1.54) is 19.3 Å². The van der Waals surface area contributed by atoms with E-state index >= 15 is 0 Å². The van der Waals surface area contributed by atoms with E-state index in [0.29, 0.717) is 11.8 Å². The first-order valence-electron chi connectivity index (χ1n) is 11.6. The van der Waals surface area contributed by atoms with Crippen LogP contribution < -0.4 is 5.69 Å². The van der Waals surface area contributed by atoms with Crippen molar-refractivity contribution in [1.82, 2.24) is 19.7 Å². The third-order valence-electron chi connectivity index (χ3n) is 8.33. The summed E-state index contributed by atoms with van der Waals surface area (Å²) in [6, 6.07) is 3.91. The molecule has 6 nitrogen and oxygen atoms in total. The molecule has 0 radical (unpaired) electrons. The predicted molar refractivity (Wildman–Crippen MR) is 116 cm³/mol. The van der Waals surface area contributed by atoms with Crippen LogP contribution in [0.4, 0.5) is 0 Å². The Balaban J connectivity index is 1.12. The first kappa shape index (κ1) is 18.8. The van der Waals surface area contributed by atoms with E-state index in [-0.39, 0.29) is 11.1 Å². The van der Waals surface area contributed by atoms with Gasteiger partial charge in [0, 0.05) is 19.5 Å². The fourth-order valence-corrected chi connectivity index (χ4v) is 8.14. The highest BCUT2D eigenvalue weighted by atomic mass is 32.1. The molecule has 1 amide bonds. The normalized spacial score (nSPS) is 33.3. The van der Waals surface area contributed by atoms with Crippen molar-refractivity contribution in [2.75, 3.05) is 13.1 Å². The Morgan fingerprint density at radius 3 is 2.40 bits per heavy atom. The second-order valence-electron chi connectivity index (χ2n) is 10.4. The van der Waals surface area contributed by atoms with Crippen molar-refractivity contribution in [3.8, 4) is 5.00 Å². The first-order chi connectivity index (χ1) is 14.6. The highest BCUT2D eigenvalue weighted by Crippen LogP contribution is 2.60. The number of aromatic nitrogens is 3. The second kappa shape index (κ2) is 7.08. The number of likely N-dealkylation sites (tertiary alicyclic amines) is 1. The fraction of sp³-hybridized carbons (Fsp3) is 0.696. The van der Waals surface area contributed by atoms with E-state index in [1.54, 1.807) is 15.9 Å². The summed E-state index contributed by atoms with van der Waals surface area (Å²) >= 11 is 1.55. The summed E-state index contributed by atoms with van der Waals surface area (Å²) in [6.45, 7) is 1.72. The third-order valence-corrected chi connectivity index (χ3v) is 9.19. The van der Waals surface area contributed by atoms with Crippen LogP contribution in [0.15, 0.2) is 22.3 Å². The van der Waals surface area contributed by atoms with Crippen molar-refractivity contribution in [2.45, 2.75) is 57.8 Å². The first-order valence-corrected chi connectivity index (χ1v) is 12.5. The lowest BCUT2D eigenvalue weighted by Crippen LogP contribution is -2.55. The van der Waals surface area contributed by atoms with Gasteiger partial charge in [-0.1, -0.05) is 0 Å². The van der Waals surface area contributed by atoms with Crippen LogP contribution in [0.1, 0.15) is 57.2 Å². The van der Waals surface area contributed by atoms with Gasteiger partial charge in [0.05, 0.1) is 5.41 Å². The van der Waals surface area contributed by atoms with Gasteiger partial charge in [0.2, 0.25) is 5.91 Å². The zero-order valence-electron chi connectivity index (χ0n) is 17.4. The lowest BCUT2D eigenvalue weighted by atomic mass is 9.49. The van der Waals surface area contributed by atoms with Crippen LogP contribution in [0.5, 0.6) is 0 Å². The maximum absolute atomic E-state index is 13.6. The number of thiophene rings is 1. The Morgan fingerprint density at radius 1 is 1.13 bits per heavy atom. The number of carbonyl (C=O) groups is 1. The summed E-state index contributed by atoms with van der Waals surface area (Å²) in [6.07, 6.45) is 10.4. The Kier molecular flexibility index (Phi) is 4.44. The molecular formula is C23H30N4O2S. The third kappa shape index (κ3) is 3.08. The number of aromatic amines is 1. The number of rotatable bonds is 4. The quantitative estimate of drug-likeness (QED) is 0.812. The molecule has 7 heteroatoms. The maximum Gasteiger partial charge on any atom is 0.348 e. The number of nitrogens with one attached hydrogen (secondary N) is 1. The predicted octanol–water partition coefficient (Wildman–Crippen LogP) is 3.62. The van der Waals surface area contributed by atoms with Gasteiger partial charge in [-0.2, -0.15) is 5.10 Å². The molecule has 3 heterocycles. The smallest absolute Gasteiger partial charge is 0.342 e. The zero-order chi connectivity index (χ0) is 20.3. The van der Waals surface area contributed by atoms with Crippen LogP contribution in [0.2, 0.25) is 0 Å². The zero-order valence-corrected chi connectivity index (χ0v) is 18.2. The van der Waals surface area contributed by atoms with Gasteiger partial charge >= 0.3 is 5.69 Å². The number of H-pyrrole nitrogens is 1. The molecule has 0 unspecified atom stereocenters. The van der Waals surface area contributed by atoms with Crippen molar-refractivity contribution in [3.05, 3.63) is 33.8 Å². The fourth-order valence-electron chi connectivity index (χ4n) is 7.40. The SMILES string of the molecule is O=C(N1CCC(Cc2n[nH]c(=O)n2-c2cccs2)CC1)C12CC3CC(CC(C3)C1)C2. The van der Waals surface area contributed by atoms with Crippen molar-refractivity contribution < 1.29 is 4.79 Å². The van der Waals surface area contributed by atoms with E-state index in [1.807, 2.05) is 17.5 Å². The van der Waals surface area contributed by atoms with Crippen LogP contribution in [0.25, 0.3) is 5.00 Å². The van der Waals surface area contributed by atoms with E-state index < -0.39 is 0 Å². The highest BCUT2D eigenvalue weighted by molar-refractivity contribution is 7.12. The van der Waals surface area contributed by atoms with E-state index in [0.717, 1.165) is 80.2 Å². The highest BCUT2D eigenvalue weighted by Gasteiger charge is 2.55. The molecule has 160 valence electrons. The molecule has 4 aliphatic carbocycles. The minimum absolute atomic E-state index is 0.0244. The summed E-state index contributed by atoms with van der Waals surface area (Å²) in [5, 5.41) is 9.81. The Labute approximate surface area is 180 Å². The summed E-state index contributed by atoms with van der Waals surface area (Å²) < 4.78 is 1.71. The minimum atomic E-state index is -0.165. The van der Waals surface area contributed by atoms with Gasteiger partial charge in [0.25, 0.3) is 0 Å². The molecule has 1 N–H and O–H groups in total. The Bertz CT molecular complexity index is 948. The molecule has 2 aromatic heterocycles. The molecule has 5 aliphatic rings. The van der Waals surface area contributed by atoms with Gasteiger partial charge in [0.15, 0.2) is 0 Å². The molecule has 1 aliphatic heterocycles. The molecule has 30 heavy (non-hydrogen) atoms. The van der Waals surface area contributed by atoms with Crippen LogP contribution >= 0.6 is 11.3 Å². The summed E-state index contributed by atoms with van der Waals surface area (Å²) in [7, 11) is 0. The molecule has 7 rings (SSSR count). The van der Waals surface area contributed by atoms with Gasteiger partial charge in [0.1, 0.15) is 10.8 Å². The number of hydrogen-bond donors (Lipinski definition) is 1. The van der Waals surface area contributed by atoms with Crippen LogP contribution in [0, 0.1) is 29.1 Å². The second-order valence-corrected chi connectivity index (χ2v) is 11.3. The number of nitrogens with zero attached hydrogens (tertiary/aromatic N) is 3. The van der Waals surface area contributed by atoms with Crippen LogP contribution in [-0.4, -0.2) is 38.7 Å². The van der Waals surface area contributed by atoms with Gasteiger partial charge in [-0.05, 0) is 92.6 Å². The monoisotopic (exact) mass is 426 g/mol. The number of hydrogen-bond acceptors (Lipinski definition) is 4. The van der Waals surface area contributed by atoms with Crippen molar-refractivity contribution >= 4 is 17.2 Å². The van der Waals surface area contributed by atoms with Gasteiger partial charge in [-0.3, -0.25) is 4.79 Å². The summed E-state index contributed by atoms with van der Waals surface area (Å²) in [5.41, 5.74) is -0.189. The minimum Gasteiger partial charge on any atom is -0.342 e. The van der Waals surface area contributed by atoms with Gasteiger partial charge < -0.3 is 4.90 Å². The molecule has 2 aromatic rings. The standard InChI is InChI=1S/C23H30N4O2S/c28-21(23-12-16-8-17(13-23)10-18(9-16)14-23)26-5-3-15(4-6-26)11-19-24-25-22(29)27(19)20-2-1-7-30-20/h1-2,7,15-18H,3-6,8-14H2,(H,25,29). The molecule has 4 saturated carbocycles. The summed E-state index contributed by atoms with van der Waals surface area (Å²) in [5.74, 6) is 4.19. The topological polar surface area (TPSA) is 71.0 Å². The number of piperidine rings is 1. The summed E-state index contributed by atoms with van der Waals surface area (Å²) in [4.78, 5) is 28.0. The van der Waals surface area contributed by atoms with Crippen molar-refractivity contribution in [2.24, 2.45) is 29.1 Å². The molecule has 1 saturated heterocycles. The Morgan fingerprint density at radius 2 is 1.80 bits per heavy atom. The van der Waals surface area contributed by atoms with Crippen molar-refractivity contribution in [1.29, 1.82) is 0 Å². The van der Waals surface area contributed by atoms with E-state index in [9.17, 15) is 9.59 Å². The molecule has 0 spiro atoms. The lowest BCUT2D eigenvalue weighted by Gasteiger charge is -2.57. The number of amides is 1. The van der Waals surface area contributed by atoms with Gasteiger partial charge in [-0.25, -0.2) is 14.5 Å². The Hall–Kier alpha value is -1.89. The van der Waals surface area contributed by atoms with E-state index in [2.05, 4.69) is 15.1 Å². The number of carbonyl (C=O) groups excluding carboxylic acids is 1. The molecule has 5 fully saturated rings. The van der Waals surface area contributed by atoms with Crippen molar-refractivity contribution in [3.63, 3.8) is 0 Å². The average Bonchev–Trinajstić information content (AvgIpc) is 3.37. The van der Waals surface area contributed by atoms with Crippen LogP contribution in [-0.2, 0) is 11.2 Å². The van der Waals surface area contributed by atoms with E-state index in [4.69, 9.17) is 0 Å². The largest absolute Gasteiger partial charge is 0.348 e. The maximum atomic E-state index is 13.6. The molecular weight excluding hydrogens is 396 g/mol. The molecule has 0 aromatic carbocycles. The molecule has 0 atom stereocenters. The molecule has 4 bridgehead atoms. The average molecular weight is 427 g/mol. The van der Waals surface area contributed by atoms with Gasteiger partial charge in [-0.15, -0.1) is 11.3 Å². The van der Waals surface area contributed by atoms with Crippen LogP contribution in [0.3, 0.4) is 0 Å². The lowest BCUT2D eigenvalue weighted by molar-refractivity contribution is -0.159.